The summed E-state index contributed by atoms with van der Waals surface area (Å²) in [6.07, 6.45) is 1.60. The lowest BCUT2D eigenvalue weighted by atomic mass is 10.1. The van der Waals surface area contributed by atoms with Crippen LogP contribution >= 0.6 is 0 Å². The zero-order valence-corrected chi connectivity index (χ0v) is 13.7. The number of hydrogen-bond donors (Lipinski definition) is 0. The maximum atomic E-state index is 12.9. The first-order chi connectivity index (χ1) is 11.6. The molecule has 1 aromatic heterocycles. The Morgan fingerprint density at radius 2 is 2.08 bits per heavy atom. The van der Waals surface area contributed by atoms with E-state index >= 15 is 0 Å². The fourth-order valence-corrected chi connectivity index (χ4v) is 2.88. The molecule has 2 aromatic rings. The molecule has 1 saturated heterocycles. The fourth-order valence-electron chi connectivity index (χ4n) is 2.88. The molecule has 24 heavy (non-hydrogen) atoms. The van der Waals surface area contributed by atoms with Crippen LogP contribution in [0, 0.1) is 0 Å². The Kier molecular flexibility index (Phi) is 5.05. The summed E-state index contributed by atoms with van der Waals surface area (Å²) in [6, 6.07) is 13.0. The van der Waals surface area contributed by atoms with E-state index in [1.807, 2.05) is 23.1 Å². The van der Waals surface area contributed by atoms with Crippen LogP contribution in [0.5, 0.6) is 0 Å². The van der Waals surface area contributed by atoms with Crippen LogP contribution < -0.4 is 5.56 Å². The van der Waals surface area contributed by atoms with Crippen molar-refractivity contribution >= 4 is 5.91 Å². The molecule has 126 valence electrons. The van der Waals surface area contributed by atoms with E-state index in [2.05, 4.69) is 17.2 Å². The Hall–Kier alpha value is -2.47. The second-order valence-electron chi connectivity index (χ2n) is 5.93. The third kappa shape index (κ3) is 3.71. The highest BCUT2D eigenvalue weighted by Crippen LogP contribution is 2.16. The second kappa shape index (κ2) is 7.40. The maximum absolute atomic E-state index is 12.9. The van der Waals surface area contributed by atoms with Crippen molar-refractivity contribution in [2.75, 3.05) is 19.8 Å². The van der Waals surface area contributed by atoms with E-state index in [9.17, 15) is 9.59 Å². The number of rotatable bonds is 5. The van der Waals surface area contributed by atoms with Gasteiger partial charge in [-0.05, 0) is 24.5 Å². The van der Waals surface area contributed by atoms with Gasteiger partial charge in [0.15, 0.2) is 0 Å². The molecule has 0 radical (unpaired) electrons. The minimum atomic E-state index is -0.230. The van der Waals surface area contributed by atoms with Gasteiger partial charge in [0.25, 0.3) is 11.5 Å². The third-order valence-corrected chi connectivity index (χ3v) is 4.27. The van der Waals surface area contributed by atoms with Crippen LogP contribution in [0.1, 0.15) is 22.5 Å². The summed E-state index contributed by atoms with van der Waals surface area (Å²) in [7, 11) is 1.55. The van der Waals surface area contributed by atoms with Gasteiger partial charge in [0.05, 0.1) is 12.6 Å². The number of aromatic nitrogens is 2. The van der Waals surface area contributed by atoms with Crippen LogP contribution in [0.25, 0.3) is 0 Å². The Morgan fingerprint density at radius 1 is 1.29 bits per heavy atom. The number of amides is 1. The zero-order chi connectivity index (χ0) is 16.9. The van der Waals surface area contributed by atoms with E-state index in [1.165, 1.54) is 22.4 Å². The van der Waals surface area contributed by atoms with Crippen molar-refractivity contribution < 1.29 is 9.53 Å². The lowest BCUT2D eigenvalue weighted by Gasteiger charge is -2.28. The highest BCUT2D eigenvalue weighted by molar-refractivity contribution is 5.92. The van der Waals surface area contributed by atoms with Crippen LogP contribution in [0.2, 0.25) is 0 Å². The van der Waals surface area contributed by atoms with Gasteiger partial charge in [-0.3, -0.25) is 9.59 Å². The van der Waals surface area contributed by atoms with E-state index in [1.54, 1.807) is 7.05 Å². The number of carbonyl (C=O) groups is 1. The highest BCUT2D eigenvalue weighted by atomic mass is 16.5. The van der Waals surface area contributed by atoms with Crippen molar-refractivity contribution in [3.05, 3.63) is 64.1 Å². The van der Waals surface area contributed by atoms with E-state index in [-0.39, 0.29) is 23.2 Å². The summed E-state index contributed by atoms with van der Waals surface area (Å²) < 4.78 is 6.64. The molecule has 1 amide bonds. The van der Waals surface area contributed by atoms with E-state index < -0.39 is 0 Å². The maximum Gasteiger partial charge on any atom is 0.274 e. The Balaban J connectivity index is 1.79. The molecule has 1 aromatic carbocycles. The summed E-state index contributed by atoms with van der Waals surface area (Å²) in [5, 5.41) is 4.09. The van der Waals surface area contributed by atoms with Gasteiger partial charge >= 0.3 is 0 Å². The van der Waals surface area contributed by atoms with Crippen molar-refractivity contribution in [1.29, 1.82) is 0 Å². The van der Waals surface area contributed by atoms with Crippen LogP contribution in [-0.2, 0) is 18.2 Å². The standard InChI is InChI=1S/C18H21N3O3/c1-20-17(22)8-7-16(19-20)18(23)21(15-10-12-24-13-15)11-9-14-5-3-2-4-6-14/h2-8,15H,9-13H2,1H3/t15-/m0/s1. The molecule has 6 nitrogen and oxygen atoms in total. The molecule has 1 aliphatic heterocycles. The predicted octanol–water partition coefficient (Wildman–Crippen LogP) is 1.25. The van der Waals surface area contributed by atoms with Gasteiger partial charge < -0.3 is 9.64 Å². The smallest absolute Gasteiger partial charge is 0.274 e. The molecule has 0 spiro atoms. The van der Waals surface area contributed by atoms with Crippen molar-refractivity contribution in [3.8, 4) is 0 Å². The average Bonchev–Trinajstić information content (AvgIpc) is 3.12. The summed E-state index contributed by atoms with van der Waals surface area (Å²) in [5.41, 5.74) is 1.24. The number of aryl methyl sites for hydroxylation is 1. The molecule has 1 fully saturated rings. The molecule has 1 aliphatic rings. The minimum Gasteiger partial charge on any atom is -0.379 e. The number of benzene rings is 1. The number of nitrogens with zero attached hydrogens (tertiary/aromatic N) is 3. The molecular weight excluding hydrogens is 306 g/mol. The molecule has 0 saturated carbocycles. The highest BCUT2D eigenvalue weighted by Gasteiger charge is 2.28. The van der Waals surface area contributed by atoms with Crippen molar-refractivity contribution in [2.24, 2.45) is 7.05 Å². The molecule has 0 bridgehead atoms. The van der Waals surface area contributed by atoms with Crippen molar-refractivity contribution in [1.82, 2.24) is 14.7 Å². The first-order valence-electron chi connectivity index (χ1n) is 8.12. The number of carbonyl (C=O) groups excluding carboxylic acids is 1. The van der Waals surface area contributed by atoms with Gasteiger partial charge in [-0.2, -0.15) is 5.10 Å². The van der Waals surface area contributed by atoms with Crippen LogP contribution in [-0.4, -0.2) is 46.4 Å². The Bertz CT molecular complexity index is 752. The molecule has 0 aliphatic carbocycles. The largest absolute Gasteiger partial charge is 0.379 e. The molecule has 0 unspecified atom stereocenters. The Morgan fingerprint density at radius 3 is 2.75 bits per heavy atom. The van der Waals surface area contributed by atoms with E-state index in [0.29, 0.717) is 19.8 Å². The van der Waals surface area contributed by atoms with Crippen LogP contribution in [0.3, 0.4) is 0 Å². The summed E-state index contributed by atoms with van der Waals surface area (Å²) in [6.45, 7) is 1.81. The van der Waals surface area contributed by atoms with Gasteiger partial charge in [-0.25, -0.2) is 4.68 Å². The zero-order valence-electron chi connectivity index (χ0n) is 13.7. The SMILES string of the molecule is Cn1nc(C(=O)N(CCc2ccccc2)[C@H]2CCOC2)ccc1=O. The molecule has 2 heterocycles. The van der Waals surface area contributed by atoms with Gasteiger partial charge in [-0.15, -0.1) is 0 Å². The van der Waals surface area contributed by atoms with E-state index in [0.717, 1.165) is 12.8 Å². The van der Waals surface area contributed by atoms with Gasteiger partial charge in [0.2, 0.25) is 0 Å². The van der Waals surface area contributed by atoms with Gasteiger partial charge in [0, 0.05) is 26.3 Å². The third-order valence-electron chi connectivity index (χ3n) is 4.27. The molecule has 1 atom stereocenters. The molecular formula is C18H21N3O3. The summed E-state index contributed by atoms with van der Waals surface area (Å²) >= 11 is 0. The number of hydrogen-bond acceptors (Lipinski definition) is 4. The molecule has 3 rings (SSSR count). The normalized spacial score (nSPS) is 17.0. The van der Waals surface area contributed by atoms with E-state index in [4.69, 9.17) is 4.74 Å². The van der Waals surface area contributed by atoms with Crippen LogP contribution in [0.15, 0.2) is 47.3 Å². The van der Waals surface area contributed by atoms with Crippen molar-refractivity contribution in [3.63, 3.8) is 0 Å². The average molecular weight is 327 g/mol. The summed E-state index contributed by atoms with van der Waals surface area (Å²) in [4.78, 5) is 26.2. The lowest BCUT2D eigenvalue weighted by Crippen LogP contribution is -2.43. The predicted molar refractivity (Wildman–Crippen MR) is 89.9 cm³/mol. The first-order valence-corrected chi connectivity index (χ1v) is 8.12. The summed E-state index contributed by atoms with van der Waals surface area (Å²) in [5.74, 6) is -0.156. The lowest BCUT2D eigenvalue weighted by molar-refractivity contribution is 0.0648. The van der Waals surface area contributed by atoms with Crippen molar-refractivity contribution in [2.45, 2.75) is 18.9 Å². The monoisotopic (exact) mass is 327 g/mol. The minimum absolute atomic E-state index is 0.0558. The fraction of sp³-hybridized carbons (Fsp3) is 0.389. The Labute approximate surface area is 140 Å². The topological polar surface area (TPSA) is 64.4 Å². The number of ether oxygens (including phenoxy) is 1. The second-order valence-corrected chi connectivity index (χ2v) is 5.93. The van der Waals surface area contributed by atoms with Gasteiger partial charge in [-0.1, -0.05) is 30.3 Å². The van der Waals surface area contributed by atoms with Gasteiger partial charge in [0.1, 0.15) is 5.69 Å². The molecule has 6 heteroatoms. The first kappa shape index (κ1) is 16.4. The van der Waals surface area contributed by atoms with Crippen LogP contribution in [0.4, 0.5) is 0 Å². The quantitative estimate of drug-likeness (QED) is 0.829. The molecule has 0 N–H and O–H groups in total.